The second-order valence-corrected chi connectivity index (χ2v) is 34.4. The third-order valence-electron chi connectivity index (χ3n) is 16.7. The number of sulfonamides is 3. The minimum absolute atomic E-state index is 0. The number of hydrogen-bond acceptors (Lipinski definition) is 21. The number of allylic oxidation sites excluding steroid dienone is 2. The van der Waals surface area contributed by atoms with E-state index < -0.39 is 80.3 Å². The molecule has 104 heavy (non-hydrogen) atoms. The third kappa shape index (κ3) is 24.4. The predicted molar refractivity (Wildman–Crippen MR) is 382 cm³/mol. The first-order valence-electron chi connectivity index (χ1n) is 31.5. The number of nitrogen functional groups attached to an aromatic ring is 1. The van der Waals surface area contributed by atoms with Crippen LogP contribution in [-0.4, -0.2) is 76.6 Å². The van der Waals surface area contributed by atoms with E-state index in [4.69, 9.17) is 26.8 Å². The average molecular weight is 1630 g/mol. The normalized spacial score (nSPS) is 15.6. The second-order valence-electron chi connectivity index (χ2n) is 23.3. The van der Waals surface area contributed by atoms with Gasteiger partial charge in [0, 0.05) is 22.5 Å². The Morgan fingerprint density at radius 1 is 0.558 bits per heavy atom. The summed E-state index contributed by atoms with van der Waals surface area (Å²) in [6.07, 6.45) is 16.1. The number of benzene rings is 4. The number of carbonyl (C=O) groups is 3. The first-order valence-corrected chi connectivity index (χ1v) is 41.7. The average Bonchev–Trinajstić information content (AvgIpc) is 1.29. The molecule has 5 N–H and O–H groups in total. The summed E-state index contributed by atoms with van der Waals surface area (Å²) in [5.41, 5.74) is 7.85. The summed E-state index contributed by atoms with van der Waals surface area (Å²) >= 11 is 4.16. The fraction of sp³-hybridized carbons (Fsp3) is 0.338. The van der Waals surface area contributed by atoms with Gasteiger partial charge in [0.25, 0.3) is 39.1 Å². The number of aromatic carboxylic acids is 1. The van der Waals surface area contributed by atoms with Crippen molar-refractivity contribution < 1.29 is 150 Å². The molecule has 0 amide bonds. The van der Waals surface area contributed by atoms with Gasteiger partial charge in [-0.2, -0.15) is 24.0 Å². The number of methoxy groups -OCH3 is 2. The zero-order valence-corrected chi connectivity index (χ0v) is 68.2. The van der Waals surface area contributed by atoms with Gasteiger partial charge in [0.05, 0.1) is 62.6 Å². The van der Waals surface area contributed by atoms with Crippen LogP contribution >= 0.6 is 56.5 Å². The Hall–Kier alpha value is -5.81. The first-order chi connectivity index (χ1) is 48.3. The minimum Gasteiger partial charge on any atom is -0.883 e. The molecule has 0 radical (unpaired) electrons. The number of nitrogens with one attached hydrogen (secondary N) is 2. The van der Waals surface area contributed by atoms with E-state index in [-0.39, 0.29) is 140 Å². The molecule has 548 valence electrons. The molecule has 0 atom stereocenters. The zero-order valence-electron chi connectivity index (χ0n) is 56.9. The molecule has 3 aromatic heterocycles. The Balaban J connectivity index is 0.000000236. The number of carbonyl (C=O) groups excluding carboxylic acids is 2. The number of thiophene rings is 3. The molecule has 21 nitrogen and oxygen atoms in total. The standard InChI is InChI=1S/C17H18FNO4S2.2C16H16FNO4S2.C11H12ClFO2S.C6H7NO2S.C2H3N.2Na/c1-23-17(20)16-14(8-9-24-16)19-25(21,22)15-7-6-12(18)10-13(15)11-4-2-3-5-11;2*17-11-5-6-14(12(9-11)10-3-1-2-4-10)24(21,22)18-13-7-8-23-15(13)16(19)20;12-16(14,15)11-6-5-9(13)7-10(11)8-3-1-2-4-8;1-9-6(8)5-4(7)2-3-10-5;1-2-3;;/h6-11,19H,2-5H2,1H3;5-10,19-20H,1-4H2;5-10,18H,1-4H2,(H,19,20);5-8H,1-4H2;2-3H,7H2,1H3;1H3;;/q;;;;;;2*+1/p-2. The largest absolute Gasteiger partial charge is 1.00 e. The molecule has 1 aliphatic heterocycles. The van der Waals surface area contributed by atoms with Gasteiger partial charge in [-0.3, -0.25) is 9.44 Å². The Labute approximate surface area is 666 Å². The molecular formula is C68H70ClF4N5Na2O16S8. The summed E-state index contributed by atoms with van der Waals surface area (Å²) in [5, 5.41) is 44.8. The molecule has 5 aliphatic rings. The van der Waals surface area contributed by atoms with E-state index in [2.05, 4.69) is 23.3 Å². The van der Waals surface area contributed by atoms with E-state index in [0.717, 1.165) is 161 Å². The molecule has 7 aromatic rings. The number of ether oxygens (including phenoxy) is 2. The van der Waals surface area contributed by atoms with Gasteiger partial charge < -0.3 is 30.5 Å². The molecule has 0 unspecified atom stereocenters. The number of nitriles is 1. The van der Waals surface area contributed by atoms with Crippen molar-refractivity contribution in [1.82, 2.24) is 0 Å². The molecule has 12 rings (SSSR count). The molecule has 0 saturated heterocycles. The van der Waals surface area contributed by atoms with Crippen molar-refractivity contribution in [3.05, 3.63) is 190 Å². The van der Waals surface area contributed by atoms with Crippen molar-refractivity contribution in [3.63, 3.8) is 0 Å². The van der Waals surface area contributed by atoms with E-state index in [1.54, 1.807) is 22.9 Å². The number of thioether (sulfide) groups is 1. The number of anilines is 3. The van der Waals surface area contributed by atoms with Crippen LogP contribution < -0.4 is 84.5 Å². The van der Waals surface area contributed by atoms with Gasteiger partial charge in [-0.25, -0.2) is 57.2 Å². The van der Waals surface area contributed by atoms with E-state index >= 15 is 0 Å². The topological polar surface area (TPSA) is 359 Å². The Morgan fingerprint density at radius 2 is 0.885 bits per heavy atom. The number of hydrogen-bond donors (Lipinski definition) is 4. The van der Waals surface area contributed by atoms with Crippen molar-refractivity contribution in [2.24, 2.45) is 4.40 Å². The summed E-state index contributed by atoms with van der Waals surface area (Å²) in [4.78, 5) is 34.1. The summed E-state index contributed by atoms with van der Waals surface area (Å²) in [6, 6.07) is 20.9. The van der Waals surface area contributed by atoms with Crippen LogP contribution in [0.15, 0.2) is 153 Å². The fourth-order valence-corrected chi connectivity index (χ4v) is 20.3. The summed E-state index contributed by atoms with van der Waals surface area (Å²) in [7, 11) is -7.97. The van der Waals surface area contributed by atoms with Crippen LogP contribution in [0.5, 0.6) is 0 Å². The molecule has 4 aliphatic carbocycles. The Kier molecular flexibility index (Phi) is 35.0. The molecule has 0 bridgehead atoms. The quantitative estimate of drug-likeness (QED) is 0.0230. The van der Waals surface area contributed by atoms with Gasteiger partial charge >= 0.3 is 77.0 Å². The van der Waals surface area contributed by atoms with Crippen LogP contribution in [0.3, 0.4) is 0 Å². The maximum absolute atomic E-state index is 13.7. The number of rotatable bonds is 16. The van der Waals surface area contributed by atoms with E-state index in [9.17, 15) is 75.8 Å². The summed E-state index contributed by atoms with van der Waals surface area (Å²) in [6.45, 7) is 1.43. The van der Waals surface area contributed by atoms with E-state index in [1.165, 1.54) is 110 Å². The number of carboxylic acid groups (broad SMARTS) is 1. The number of halogens is 5. The monoisotopic (exact) mass is 1630 g/mol. The first kappa shape index (κ1) is 88.8. The molecular weight excluding hydrogens is 1560 g/mol. The van der Waals surface area contributed by atoms with E-state index in [1.807, 2.05) is 0 Å². The van der Waals surface area contributed by atoms with Gasteiger partial charge in [-0.05, 0) is 216 Å². The number of nitrogens with two attached hydrogens (primary N) is 1. The van der Waals surface area contributed by atoms with Crippen molar-refractivity contribution in [3.8, 4) is 6.07 Å². The van der Waals surface area contributed by atoms with Crippen molar-refractivity contribution >= 4 is 136 Å². The SMILES string of the molecule is CC#N.COC(=O)c1sccc1N.COC(=O)c1sccc1NS(=O)(=O)c1ccc(F)cc1C1CCCC1.O=C(O)c1sccc1NS(=O)(=O)c1ccc(F)cc1C1CCCC1.O=S(=O)(Cl)c1ccc(F)cc1C1CCCC1.O=S(=O)(N=C1C=CSC1=C([O-])[O-])c1ccc(F)cc1C1CCCC1.[Na+].[Na+]. The third-order valence-corrected chi connectivity index (χ3v) is 25.9. The van der Waals surface area contributed by atoms with Gasteiger partial charge in [0.15, 0.2) is 0 Å². The Bertz CT molecular complexity index is 4770. The zero-order chi connectivity index (χ0) is 74.7. The van der Waals surface area contributed by atoms with Gasteiger partial charge in [-0.15, -0.1) is 34.0 Å². The van der Waals surface area contributed by atoms with Crippen molar-refractivity contribution in [2.45, 2.75) is 153 Å². The molecule has 36 heteroatoms. The van der Waals surface area contributed by atoms with Crippen molar-refractivity contribution in [2.75, 3.05) is 29.4 Å². The molecule has 4 heterocycles. The van der Waals surface area contributed by atoms with Crippen LogP contribution in [0.4, 0.5) is 34.6 Å². The fourth-order valence-electron chi connectivity index (χ4n) is 12.1. The predicted octanol–water partition coefficient (Wildman–Crippen LogP) is 9.00. The molecule has 4 fully saturated rings. The molecule has 4 aromatic carbocycles. The van der Waals surface area contributed by atoms with Gasteiger partial charge in [0.1, 0.15) is 37.9 Å². The maximum Gasteiger partial charge on any atom is 1.00 e. The summed E-state index contributed by atoms with van der Waals surface area (Å²) < 4.78 is 171. The van der Waals surface area contributed by atoms with Gasteiger partial charge in [0.2, 0.25) is 0 Å². The van der Waals surface area contributed by atoms with Crippen LogP contribution in [-0.2, 0) is 48.6 Å². The Morgan fingerprint density at radius 3 is 1.24 bits per heavy atom. The smallest absolute Gasteiger partial charge is 0.883 e. The second kappa shape index (κ2) is 40.9. The maximum atomic E-state index is 13.7. The number of carboxylic acids is 1. The number of esters is 2. The number of nitrogens with zero attached hydrogens (tertiary/aromatic N) is 2. The van der Waals surface area contributed by atoms with Crippen LogP contribution in [0.2, 0.25) is 0 Å². The van der Waals surface area contributed by atoms with Crippen molar-refractivity contribution in [1.29, 1.82) is 5.26 Å². The van der Waals surface area contributed by atoms with E-state index in [0.29, 0.717) is 32.8 Å². The minimum atomic E-state index is -4.15. The summed E-state index contributed by atoms with van der Waals surface area (Å²) in [5.74, 6) is -5.35. The van der Waals surface area contributed by atoms with Crippen LogP contribution in [0.1, 0.15) is 185 Å². The van der Waals surface area contributed by atoms with Gasteiger partial charge in [-0.1, -0.05) is 63.1 Å². The molecule has 0 spiro atoms. The van der Waals surface area contributed by atoms with Crippen LogP contribution in [0.25, 0.3) is 0 Å². The molecule has 4 saturated carbocycles. The van der Waals surface area contributed by atoms with Crippen LogP contribution in [0, 0.1) is 34.6 Å².